The topological polar surface area (TPSA) is 24.5 Å². The summed E-state index contributed by atoms with van der Waals surface area (Å²) in [5.74, 6) is 0. The van der Waals surface area contributed by atoms with E-state index in [1.165, 1.54) is 0 Å². The Morgan fingerprint density at radius 3 is 2.35 bits per heavy atom. The predicted molar refractivity (Wildman–Crippen MR) is 62.1 cm³/mol. The van der Waals surface area contributed by atoms with E-state index >= 15 is 0 Å². The van der Waals surface area contributed by atoms with E-state index in [9.17, 15) is 13.2 Å². The van der Waals surface area contributed by atoms with Crippen molar-refractivity contribution in [2.45, 2.75) is 33.0 Å². The Balaban J connectivity index is 3.54. The summed E-state index contributed by atoms with van der Waals surface area (Å²) in [6.45, 7) is 8.07. The fraction of sp³-hybridized carbons (Fsp3) is 1.00. The largest absolute Gasteiger partial charge is 0.411 e. The van der Waals surface area contributed by atoms with Crippen LogP contribution in [0.15, 0.2) is 0 Å². The van der Waals surface area contributed by atoms with Gasteiger partial charge in [-0.3, -0.25) is 0 Å². The Labute approximate surface area is 101 Å². The van der Waals surface area contributed by atoms with E-state index in [1.807, 2.05) is 6.92 Å². The second-order valence-corrected chi connectivity index (χ2v) is 4.21. The first-order valence-electron chi connectivity index (χ1n) is 5.95. The molecule has 0 fully saturated rings. The number of hydrogen-bond acceptors (Lipinski definition) is 3. The monoisotopic (exact) mass is 256 g/mol. The summed E-state index contributed by atoms with van der Waals surface area (Å²) in [7, 11) is 0. The zero-order valence-electron chi connectivity index (χ0n) is 10.8. The Bertz CT molecular complexity index is 186. The molecule has 0 aliphatic carbocycles. The number of likely N-dealkylation sites (N-methyl/N-ethyl adjacent to an activating group) is 1. The van der Waals surface area contributed by atoms with Crippen molar-refractivity contribution >= 4 is 0 Å². The van der Waals surface area contributed by atoms with Crippen LogP contribution in [0.4, 0.5) is 13.2 Å². The number of nitrogens with zero attached hydrogens (tertiary/aromatic N) is 1. The number of nitrogens with one attached hydrogen (secondary N) is 1. The molecule has 0 atom stereocenters. The van der Waals surface area contributed by atoms with Crippen LogP contribution in [0.3, 0.4) is 0 Å². The van der Waals surface area contributed by atoms with Crippen LogP contribution in [0.1, 0.15) is 20.8 Å². The third kappa shape index (κ3) is 11.9. The van der Waals surface area contributed by atoms with Crippen molar-refractivity contribution in [3.05, 3.63) is 0 Å². The fourth-order valence-corrected chi connectivity index (χ4v) is 1.32. The predicted octanol–water partition coefficient (Wildman–Crippen LogP) is 1.89. The number of alkyl halides is 3. The first-order valence-corrected chi connectivity index (χ1v) is 5.95. The third-order valence-electron chi connectivity index (χ3n) is 2.25. The van der Waals surface area contributed by atoms with Crippen LogP contribution in [0.25, 0.3) is 0 Å². The number of ether oxygens (including phenoxy) is 1. The van der Waals surface area contributed by atoms with E-state index < -0.39 is 12.8 Å². The van der Waals surface area contributed by atoms with Crippen molar-refractivity contribution in [2.24, 2.45) is 0 Å². The fourth-order valence-electron chi connectivity index (χ4n) is 1.32. The van der Waals surface area contributed by atoms with Gasteiger partial charge in [0, 0.05) is 25.7 Å². The van der Waals surface area contributed by atoms with E-state index in [-0.39, 0.29) is 6.61 Å². The highest BCUT2D eigenvalue weighted by atomic mass is 19.4. The minimum atomic E-state index is -4.23. The molecule has 17 heavy (non-hydrogen) atoms. The van der Waals surface area contributed by atoms with Gasteiger partial charge in [0.05, 0.1) is 6.61 Å². The van der Waals surface area contributed by atoms with Crippen LogP contribution in [-0.4, -0.2) is 56.5 Å². The molecule has 0 rings (SSSR count). The van der Waals surface area contributed by atoms with Gasteiger partial charge in [-0.1, -0.05) is 20.8 Å². The molecule has 0 aromatic carbocycles. The van der Waals surface area contributed by atoms with Gasteiger partial charge >= 0.3 is 6.18 Å². The van der Waals surface area contributed by atoms with Crippen LogP contribution >= 0.6 is 0 Å². The molecule has 0 bridgehead atoms. The van der Waals surface area contributed by atoms with Gasteiger partial charge in [0.1, 0.15) is 6.61 Å². The van der Waals surface area contributed by atoms with Crippen LogP contribution < -0.4 is 5.32 Å². The van der Waals surface area contributed by atoms with Gasteiger partial charge in [-0.15, -0.1) is 0 Å². The molecule has 0 unspecified atom stereocenters. The average Bonchev–Trinajstić information content (AvgIpc) is 2.19. The molecule has 0 heterocycles. The van der Waals surface area contributed by atoms with Crippen molar-refractivity contribution < 1.29 is 17.9 Å². The smallest absolute Gasteiger partial charge is 0.371 e. The normalized spacial score (nSPS) is 12.7. The highest BCUT2D eigenvalue weighted by Gasteiger charge is 2.27. The molecular formula is C11H23F3N2O. The second-order valence-electron chi connectivity index (χ2n) is 4.21. The van der Waals surface area contributed by atoms with Gasteiger partial charge in [0.15, 0.2) is 0 Å². The van der Waals surface area contributed by atoms with Gasteiger partial charge < -0.3 is 15.0 Å². The molecule has 0 saturated carbocycles. The van der Waals surface area contributed by atoms with Gasteiger partial charge in [-0.05, 0) is 6.54 Å². The lowest BCUT2D eigenvalue weighted by Crippen LogP contribution is -2.36. The summed E-state index contributed by atoms with van der Waals surface area (Å²) in [6, 6.07) is 0.426. The highest BCUT2D eigenvalue weighted by Crippen LogP contribution is 2.14. The van der Waals surface area contributed by atoms with Crippen molar-refractivity contribution in [1.29, 1.82) is 0 Å². The van der Waals surface area contributed by atoms with Crippen LogP contribution in [-0.2, 0) is 4.74 Å². The van der Waals surface area contributed by atoms with E-state index in [0.717, 1.165) is 19.6 Å². The summed E-state index contributed by atoms with van der Waals surface area (Å²) in [5.41, 5.74) is 0. The standard InChI is InChI=1S/C11H23F3N2O/c1-4-16(6-5-15-10(2)3)7-8-17-9-11(12,13)14/h10,15H,4-9H2,1-3H3. The van der Waals surface area contributed by atoms with Gasteiger partial charge in [-0.25, -0.2) is 0 Å². The molecule has 0 saturated heterocycles. The molecule has 0 radical (unpaired) electrons. The molecule has 0 spiro atoms. The summed E-state index contributed by atoms with van der Waals surface area (Å²) >= 11 is 0. The molecule has 0 aliphatic heterocycles. The van der Waals surface area contributed by atoms with E-state index in [1.54, 1.807) is 0 Å². The number of halogens is 3. The van der Waals surface area contributed by atoms with Crippen LogP contribution in [0.2, 0.25) is 0 Å². The molecule has 0 aliphatic rings. The SMILES string of the molecule is CCN(CCNC(C)C)CCOCC(F)(F)F. The maximum Gasteiger partial charge on any atom is 0.411 e. The number of rotatable bonds is 9. The van der Waals surface area contributed by atoms with E-state index in [2.05, 4.69) is 28.8 Å². The third-order valence-corrected chi connectivity index (χ3v) is 2.25. The minimum Gasteiger partial charge on any atom is -0.371 e. The lowest BCUT2D eigenvalue weighted by atomic mass is 10.4. The summed E-state index contributed by atoms with van der Waals surface area (Å²) < 4.78 is 40.0. The Morgan fingerprint density at radius 1 is 1.24 bits per heavy atom. The zero-order chi connectivity index (χ0) is 13.3. The van der Waals surface area contributed by atoms with Crippen LogP contribution in [0, 0.1) is 0 Å². The molecule has 1 N–H and O–H groups in total. The van der Waals surface area contributed by atoms with Gasteiger partial charge in [0.25, 0.3) is 0 Å². The molecule has 0 amide bonds. The highest BCUT2D eigenvalue weighted by molar-refractivity contribution is 4.60. The quantitative estimate of drug-likeness (QED) is 0.638. The number of hydrogen-bond donors (Lipinski definition) is 1. The molecular weight excluding hydrogens is 233 g/mol. The first-order chi connectivity index (χ1) is 7.85. The molecule has 0 aromatic rings. The molecule has 6 heteroatoms. The molecule has 104 valence electrons. The van der Waals surface area contributed by atoms with Crippen molar-refractivity contribution in [3.8, 4) is 0 Å². The van der Waals surface area contributed by atoms with E-state index in [4.69, 9.17) is 0 Å². The van der Waals surface area contributed by atoms with Gasteiger partial charge in [-0.2, -0.15) is 13.2 Å². The van der Waals surface area contributed by atoms with E-state index in [0.29, 0.717) is 12.6 Å². The summed E-state index contributed by atoms with van der Waals surface area (Å²) in [6.07, 6.45) is -4.23. The zero-order valence-corrected chi connectivity index (χ0v) is 10.8. The first kappa shape index (κ1) is 16.7. The van der Waals surface area contributed by atoms with Gasteiger partial charge in [0.2, 0.25) is 0 Å². The maximum absolute atomic E-state index is 11.8. The Morgan fingerprint density at radius 2 is 1.88 bits per heavy atom. The lowest BCUT2D eigenvalue weighted by molar-refractivity contribution is -0.174. The molecule has 0 aromatic heterocycles. The Kier molecular flexibility index (Phi) is 8.55. The average molecular weight is 256 g/mol. The van der Waals surface area contributed by atoms with Crippen LogP contribution in [0.5, 0.6) is 0 Å². The lowest BCUT2D eigenvalue weighted by Gasteiger charge is -2.21. The Hall–Kier alpha value is -0.330. The van der Waals surface area contributed by atoms with Crippen molar-refractivity contribution in [2.75, 3.05) is 39.4 Å². The summed E-state index contributed by atoms with van der Waals surface area (Å²) in [4.78, 5) is 2.06. The molecule has 3 nitrogen and oxygen atoms in total. The minimum absolute atomic E-state index is 0.120. The van der Waals surface area contributed by atoms with Crippen molar-refractivity contribution in [3.63, 3.8) is 0 Å². The summed E-state index contributed by atoms with van der Waals surface area (Å²) in [5, 5.41) is 3.26. The van der Waals surface area contributed by atoms with Crippen molar-refractivity contribution in [1.82, 2.24) is 10.2 Å². The second kappa shape index (κ2) is 8.72. The maximum atomic E-state index is 11.8.